The van der Waals surface area contributed by atoms with Gasteiger partial charge < -0.3 is 15.0 Å². The molecule has 0 radical (unpaired) electrons. The number of morpholine rings is 1. The van der Waals surface area contributed by atoms with Crippen molar-refractivity contribution in [3.05, 3.63) is 101 Å². The number of hydrogen-bond donors (Lipinski definition) is 1. The number of imide groups is 1. The van der Waals surface area contributed by atoms with E-state index >= 15 is 0 Å². The van der Waals surface area contributed by atoms with Gasteiger partial charge in [0.2, 0.25) is 0 Å². The highest BCUT2D eigenvalue weighted by Gasteiger charge is 2.37. The number of hydrogen-bond acceptors (Lipinski definition) is 5. The summed E-state index contributed by atoms with van der Waals surface area (Å²) < 4.78 is 45.4. The third-order valence-electron chi connectivity index (χ3n) is 7.09. The zero-order chi connectivity index (χ0) is 28.0. The smallest absolute Gasteiger partial charge is 0.378 e. The fourth-order valence-electron chi connectivity index (χ4n) is 5.20. The number of ether oxygens (including phenoxy) is 1. The molecule has 202 valence electrons. The Hall–Kier alpha value is -4.70. The molecule has 4 aromatic rings. The number of halogens is 3. The molecule has 0 spiro atoms. The second-order valence-corrected chi connectivity index (χ2v) is 9.45. The van der Waals surface area contributed by atoms with Crippen molar-refractivity contribution in [2.75, 3.05) is 41.4 Å². The van der Waals surface area contributed by atoms with Crippen LogP contribution in [0.2, 0.25) is 0 Å². The lowest BCUT2D eigenvalue weighted by molar-refractivity contribution is -0.137. The predicted molar refractivity (Wildman–Crippen MR) is 144 cm³/mol. The van der Waals surface area contributed by atoms with E-state index in [0.717, 1.165) is 28.8 Å². The molecule has 2 heterocycles. The third-order valence-corrected chi connectivity index (χ3v) is 7.09. The molecule has 10 heteroatoms. The number of benzene rings is 4. The maximum Gasteiger partial charge on any atom is 0.416 e. The van der Waals surface area contributed by atoms with Crippen LogP contribution in [0.4, 0.5) is 30.2 Å². The molecule has 6 rings (SSSR count). The van der Waals surface area contributed by atoms with Gasteiger partial charge in [0.25, 0.3) is 17.7 Å². The number of alkyl halides is 3. The fourth-order valence-corrected chi connectivity index (χ4v) is 5.20. The van der Waals surface area contributed by atoms with Crippen molar-refractivity contribution >= 4 is 45.6 Å². The Morgan fingerprint density at radius 2 is 1.52 bits per heavy atom. The molecule has 0 aromatic heterocycles. The Bertz CT molecular complexity index is 1660. The lowest BCUT2D eigenvalue weighted by Gasteiger charge is -2.30. The first-order valence-electron chi connectivity index (χ1n) is 12.6. The minimum Gasteiger partial charge on any atom is -0.378 e. The quantitative estimate of drug-likeness (QED) is 0.331. The molecular weight excluding hydrogens is 523 g/mol. The molecule has 3 amide bonds. The standard InChI is InChI=1S/C30H22F3N3O4/c31-30(32,33)18-5-3-6-19(17-18)36-28(38)22-8-4-7-20-21(11-12-23(26(20)22)29(36)39)27(37)34-24-9-1-2-10-25(24)35-13-15-40-16-14-35/h1-12,17H,13-16H2,(H,34,37). The van der Waals surface area contributed by atoms with E-state index in [2.05, 4.69) is 10.2 Å². The minimum atomic E-state index is -4.64. The highest BCUT2D eigenvalue weighted by Crippen LogP contribution is 2.37. The van der Waals surface area contributed by atoms with Crippen LogP contribution in [0.25, 0.3) is 10.8 Å². The normalized spacial score (nSPS) is 15.5. The van der Waals surface area contributed by atoms with Gasteiger partial charge in [0.1, 0.15) is 0 Å². The van der Waals surface area contributed by atoms with Crippen LogP contribution in [-0.2, 0) is 10.9 Å². The van der Waals surface area contributed by atoms with Crippen molar-refractivity contribution in [1.29, 1.82) is 0 Å². The molecule has 0 aliphatic carbocycles. The van der Waals surface area contributed by atoms with Crippen molar-refractivity contribution in [3.63, 3.8) is 0 Å². The SMILES string of the molecule is O=C(Nc1ccccc1N1CCOCC1)c1ccc2c3c(cccc13)C(=O)N(c1cccc(C(F)(F)F)c1)C2=O. The number of carbonyl (C=O) groups is 3. The van der Waals surface area contributed by atoms with Crippen LogP contribution in [0, 0.1) is 0 Å². The molecule has 0 saturated carbocycles. The van der Waals surface area contributed by atoms with E-state index in [0.29, 0.717) is 37.4 Å². The number of para-hydroxylation sites is 2. The lowest BCUT2D eigenvalue weighted by atomic mass is 9.90. The first kappa shape index (κ1) is 25.6. The predicted octanol–water partition coefficient (Wildman–Crippen LogP) is 5.75. The molecule has 2 aliphatic heterocycles. The second kappa shape index (κ2) is 9.80. The van der Waals surface area contributed by atoms with E-state index in [1.165, 1.54) is 24.3 Å². The molecule has 1 saturated heterocycles. The molecule has 40 heavy (non-hydrogen) atoms. The van der Waals surface area contributed by atoms with Gasteiger partial charge in [-0.05, 0) is 53.9 Å². The summed E-state index contributed by atoms with van der Waals surface area (Å²) in [6.07, 6.45) is -4.64. The summed E-state index contributed by atoms with van der Waals surface area (Å²) in [6.45, 7) is 2.52. The molecule has 2 aliphatic rings. The topological polar surface area (TPSA) is 79.0 Å². The van der Waals surface area contributed by atoms with Crippen molar-refractivity contribution < 1.29 is 32.3 Å². The second-order valence-electron chi connectivity index (χ2n) is 9.45. The van der Waals surface area contributed by atoms with E-state index in [9.17, 15) is 27.6 Å². The number of anilines is 3. The highest BCUT2D eigenvalue weighted by molar-refractivity contribution is 6.37. The van der Waals surface area contributed by atoms with Crippen molar-refractivity contribution in [2.45, 2.75) is 6.18 Å². The average molecular weight is 546 g/mol. The Labute approximate surface area is 226 Å². The number of nitrogens with one attached hydrogen (secondary N) is 1. The molecule has 1 fully saturated rings. The minimum absolute atomic E-state index is 0.118. The van der Waals surface area contributed by atoms with Gasteiger partial charge >= 0.3 is 6.18 Å². The van der Waals surface area contributed by atoms with E-state index in [4.69, 9.17) is 4.74 Å². The first-order valence-corrected chi connectivity index (χ1v) is 12.6. The van der Waals surface area contributed by atoms with Gasteiger partial charge in [-0.2, -0.15) is 13.2 Å². The van der Waals surface area contributed by atoms with Gasteiger partial charge in [0.05, 0.1) is 35.8 Å². The van der Waals surface area contributed by atoms with Gasteiger partial charge in [0, 0.05) is 35.2 Å². The molecule has 4 aromatic carbocycles. The number of carbonyl (C=O) groups excluding carboxylic acids is 3. The van der Waals surface area contributed by atoms with Crippen LogP contribution in [0.15, 0.2) is 78.9 Å². The Balaban J connectivity index is 1.38. The van der Waals surface area contributed by atoms with E-state index in [-0.39, 0.29) is 27.8 Å². The molecule has 7 nitrogen and oxygen atoms in total. The fraction of sp³-hybridized carbons (Fsp3) is 0.167. The third kappa shape index (κ3) is 4.36. The number of amides is 3. The Morgan fingerprint density at radius 3 is 2.27 bits per heavy atom. The maximum atomic E-state index is 13.5. The van der Waals surface area contributed by atoms with Crippen LogP contribution in [0.5, 0.6) is 0 Å². The summed E-state index contributed by atoms with van der Waals surface area (Å²) in [7, 11) is 0. The van der Waals surface area contributed by atoms with Crippen LogP contribution in [0.1, 0.15) is 36.6 Å². The molecular formula is C30H22F3N3O4. The van der Waals surface area contributed by atoms with Crippen molar-refractivity contribution in [3.8, 4) is 0 Å². The van der Waals surface area contributed by atoms with Crippen LogP contribution in [0.3, 0.4) is 0 Å². The summed E-state index contributed by atoms with van der Waals surface area (Å²) in [6, 6.07) is 19.1. The van der Waals surface area contributed by atoms with E-state index in [1.807, 2.05) is 18.2 Å². The Morgan fingerprint density at radius 1 is 0.825 bits per heavy atom. The highest BCUT2D eigenvalue weighted by atomic mass is 19.4. The Kier molecular flexibility index (Phi) is 6.26. The number of rotatable bonds is 4. The van der Waals surface area contributed by atoms with E-state index in [1.54, 1.807) is 18.2 Å². The zero-order valence-electron chi connectivity index (χ0n) is 21.0. The summed E-state index contributed by atoms with van der Waals surface area (Å²) in [5, 5.41) is 3.64. The van der Waals surface area contributed by atoms with Crippen molar-refractivity contribution in [2.24, 2.45) is 0 Å². The molecule has 0 unspecified atom stereocenters. The van der Waals surface area contributed by atoms with Crippen LogP contribution < -0.4 is 15.1 Å². The van der Waals surface area contributed by atoms with Gasteiger partial charge in [-0.25, -0.2) is 4.90 Å². The number of nitrogens with zero attached hydrogens (tertiary/aromatic N) is 2. The first-order chi connectivity index (χ1) is 19.2. The lowest BCUT2D eigenvalue weighted by Crippen LogP contribution is -2.40. The van der Waals surface area contributed by atoms with Gasteiger partial charge in [-0.1, -0.05) is 30.3 Å². The van der Waals surface area contributed by atoms with Crippen LogP contribution in [-0.4, -0.2) is 44.0 Å². The summed E-state index contributed by atoms with van der Waals surface area (Å²) >= 11 is 0. The summed E-state index contributed by atoms with van der Waals surface area (Å²) in [5.41, 5.74) is 0.793. The average Bonchev–Trinajstić information content (AvgIpc) is 2.96. The molecule has 0 atom stereocenters. The maximum absolute atomic E-state index is 13.5. The van der Waals surface area contributed by atoms with Gasteiger partial charge in [-0.15, -0.1) is 0 Å². The molecule has 0 bridgehead atoms. The largest absolute Gasteiger partial charge is 0.416 e. The summed E-state index contributed by atoms with van der Waals surface area (Å²) in [5.74, 6) is -1.96. The summed E-state index contributed by atoms with van der Waals surface area (Å²) in [4.78, 5) is 43.3. The van der Waals surface area contributed by atoms with Gasteiger partial charge in [0.15, 0.2) is 0 Å². The zero-order valence-corrected chi connectivity index (χ0v) is 21.0. The monoisotopic (exact) mass is 545 g/mol. The van der Waals surface area contributed by atoms with E-state index < -0.39 is 29.5 Å². The molecule has 1 N–H and O–H groups in total. The van der Waals surface area contributed by atoms with Gasteiger partial charge in [-0.3, -0.25) is 14.4 Å². The van der Waals surface area contributed by atoms with Crippen LogP contribution >= 0.6 is 0 Å². The van der Waals surface area contributed by atoms with Crippen molar-refractivity contribution in [1.82, 2.24) is 0 Å².